The standard InChI is InChI=1S/C9H9F3INO/c1-15-8-3-7(13)6(9(10,11)12)2-5(8)4-14/h2-3H,4,14H2,1H3. The van der Waals surface area contributed by atoms with E-state index in [0.29, 0.717) is 11.3 Å². The third-order valence-corrected chi connectivity index (χ3v) is 2.79. The van der Waals surface area contributed by atoms with E-state index in [4.69, 9.17) is 10.5 Å². The van der Waals surface area contributed by atoms with Crippen molar-refractivity contribution in [3.8, 4) is 5.75 Å². The molecule has 0 unspecified atom stereocenters. The smallest absolute Gasteiger partial charge is 0.417 e. The Bertz CT molecular complexity index is 365. The lowest BCUT2D eigenvalue weighted by Crippen LogP contribution is -2.10. The molecule has 0 saturated carbocycles. The van der Waals surface area contributed by atoms with Gasteiger partial charge >= 0.3 is 6.18 Å². The summed E-state index contributed by atoms with van der Waals surface area (Å²) in [6.45, 7) is 0.0170. The Balaban J connectivity index is 3.32. The van der Waals surface area contributed by atoms with Crippen LogP contribution >= 0.6 is 22.6 Å². The molecule has 0 aliphatic carbocycles. The van der Waals surface area contributed by atoms with E-state index in [9.17, 15) is 13.2 Å². The van der Waals surface area contributed by atoms with Crippen molar-refractivity contribution in [2.75, 3.05) is 7.11 Å². The molecule has 0 amide bonds. The molecule has 2 N–H and O–H groups in total. The van der Waals surface area contributed by atoms with Crippen LogP contribution in [0.1, 0.15) is 11.1 Å². The molecule has 0 aliphatic heterocycles. The van der Waals surface area contributed by atoms with Gasteiger partial charge in [-0.2, -0.15) is 13.2 Å². The monoisotopic (exact) mass is 331 g/mol. The number of nitrogens with two attached hydrogens (primary N) is 1. The predicted octanol–water partition coefficient (Wildman–Crippen LogP) is 2.78. The average molecular weight is 331 g/mol. The number of halogens is 4. The molecular formula is C9H9F3INO. The van der Waals surface area contributed by atoms with Gasteiger partial charge in [0.25, 0.3) is 0 Å². The van der Waals surface area contributed by atoms with Crippen molar-refractivity contribution in [3.63, 3.8) is 0 Å². The third kappa shape index (κ3) is 2.75. The third-order valence-electron chi connectivity index (χ3n) is 1.90. The van der Waals surface area contributed by atoms with Crippen LogP contribution in [0.4, 0.5) is 13.2 Å². The summed E-state index contributed by atoms with van der Waals surface area (Å²) in [6, 6.07) is 2.37. The molecular weight excluding hydrogens is 322 g/mol. The zero-order valence-electron chi connectivity index (χ0n) is 7.86. The van der Waals surface area contributed by atoms with Crippen LogP contribution in [0.25, 0.3) is 0 Å². The molecule has 6 heteroatoms. The summed E-state index contributed by atoms with van der Waals surface area (Å²) in [5.74, 6) is 0.384. The zero-order chi connectivity index (χ0) is 11.6. The van der Waals surface area contributed by atoms with E-state index >= 15 is 0 Å². The topological polar surface area (TPSA) is 35.2 Å². The van der Waals surface area contributed by atoms with E-state index in [-0.39, 0.29) is 10.1 Å². The van der Waals surface area contributed by atoms with Gasteiger partial charge in [0.05, 0.1) is 12.7 Å². The van der Waals surface area contributed by atoms with E-state index < -0.39 is 11.7 Å². The quantitative estimate of drug-likeness (QED) is 0.846. The van der Waals surface area contributed by atoms with Gasteiger partial charge in [0.15, 0.2) is 0 Å². The van der Waals surface area contributed by atoms with Crippen LogP contribution in [0.5, 0.6) is 5.75 Å². The van der Waals surface area contributed by atoms with Gasteiger partial charge < -0.3 is 10.5 Å². The SMILES string of the molecule is COc1cc(I)c(C(F)(F)F)cc1CN. The second-order valence-corrected chi connectivity index (χ2v) is 4.01. The summed E-state index contributed by atoms with van der Waals surface area (Å²) in [4.78, 5) is 0. The summed E-state index contributed by atoms with van der Waals surface area (Å²) in [5, 5.41) is 0. The Labute approximate surface area is 98.7 Å². The Hall–Kier alpha value is -0.500. The fourth-order valence-corrected chi connectivity index (χ4v) is 1.91. The molecule has 1 rings (SSSR count). The summed E-state index contributed by atoms with van der Waals surface area (Å²) in [7, 11) is 1.40. The molecule has 0 aliphatic rings. The highest BCUT2D eigenvalue weighted by Gasteiger charge is 2.33. The zero-order valence-corrected chi connectivity index (χ0v) is 10.0. The Kier molecular flexibility index (Phi) is 3.82. The Morgan fingerprint density at radius 1 is 1.40 bits per heavy atom. The summed E-state index contributed by atoms with van der Waals surface area (Å²) >= 11 is 1.63. The lowest BCUT2D eigenvalue weighted by molar-refractivity contribution is -0.138. The van der Waals surface area contributed by atoms with Crippen LogP contribution in [0.2, 0.25) is 0 Å². The second kappa shape index (κ2) is 4.56. The van der Waals surface area contributed by atoms with Gasteiger partial charge in [-0.05, 0) is 34.7 Å². The largest absolute Gasteiger partial charge is 0.496 e. The Morgan fingerprint density at radius 2 is 2.00 bits per heavy atom. The minimum Gasteiger partial charge on any atom is -0.496 e. The molecule has 15 heavy (non-hydrogen) atoms. The molecule has 0 aromatic heterocycles. The molecule has 0 heterocycles. The maximum Gasteiger partial charge on any atom is 0.417 e. The van der Waals surface area contributed by atoms with Crippen LogP contribution in [0.3, 0.4) is 0 Å². The van der Waals surface area contributed by atoms with E-state index in [1.807, 2.05) is 0 Å². The lowest BCUT2D eigenvalue weighted by atomic mass is 10.1. The average Bonchev–Trinajstić information content (AvgIpc) is 2.15. The first kappa shape index (κ1) is 12.6. The number of ether oxygens (including phenoxy) is 1. The highest BCUT2D eigenvalue weighted by Crippen LogP contribution is 2.36. The number of hydrogen-bond donors (Lipinski definition) is 1. The van der Waals surface area contributed by atoms with Crippen molar-refractivity contribution in [1.29, 1.82) is 0 Å². The van der Waals surface area contributed by atoms with Gasteiger partial charge in [0.2, 0.25) is 0 Å². The van der Waals surface area contributed by atoms with Crippen LogP contribution in [0, 0.1) is 3.57 Å². The normalized spacial score (nSPS) is 11.6. The van der Waals surface area contributed by atoms with Crippen LogP contribution < -0.4 is 10.5 Å². The maximum absolute atomic E-state index is 12.5. The van der Waals surface area contributed by atoms with Crippen molar-refractivity contribution in [2.24, 2.45) is 5.73 Å². The predicted molar refractivity (Wildman–Crippen MR) is 58.6 cm³/mol. The lowest BCUT2D eigenvalue weighted by Gasteiger charge is -2.13. The molecule has 2 nitrogen and oxygen atoms in total. The van der Waals surface area contributed by atoms with Gasteiger partial charge in [-0.3, -0.25) is 0 Å². The van der Waals surface area contributed by atoms with Gasteiger partial charge in [0.1, 0.15) is 5.75 Å². The number of alkyl halides is 3. The highest BCUT2D eigenvalue weighted by molar-refractivity contribution is 14.1. The molecule has 0 bridgehead atoms. The van der Waals surface area contributed by atoms with E-state index in [2.05, 4.69) is 0 Å². The van der Waals surface area contributed by atoms with Crippen molar-refractivity contribution in [1.82, 2.24) is 0 Å². The number of methoxy groups -OCH3 is 1. The minimum absolute atomic E-state index is 0.0170. The van der Waals surface area contributed by atoms with E-state index in [1.165, 1.54) is 13.2 Å². The van der Waals surface area contributed by atoms with Gasteiger partial charge in [-0.25, -0.2) is 0 Å². The van der Waals surface area contributed by atoms with Crippen LogP contribution in [0.15, 0.2) is 12.1 Å². The van der Waals surface area contributed by atoms with Crippen LogP contribution in [-0.4, -0.2) is 7.11 Å². The van der Waals surface area contributed by atoms with Crippen molar-refractivity contribution < 1.29 is 17.9 Å². The first-order valence-corrected chi connectivity index (χ1v) is 5.11. The molecule has 0 spiro atoms. The summed E-state index contributed by atoms with van der Waals surface area (Å²) in [5.41, 5.74) is 5.01. The van der Waals surface area contributed by atoms with Crippen molar-refractivity contribution in [3.05, 3.63) is 26.8 Å². The highest BCUT2D eigenvalue weighted by atomic mass is 127. The number of benzene rings is 1. The molecule has 0 saturated heterocycles. The van der Waals surface area contributed by atoms with Crippen LogP contribution in [-0.2, 0) is 12.7 Å². The number of hydrogen-bond acceptors (Lipinski definition) is 2. The minimum atomic E-state index is -4.35. The number of rotatable bonds is 2. The fraction of sp³-hybridized carbons (Fsp3) is 0.333. The molecule has 1 aromatic rings. The van der Waals surface area contributed by atoms with Crippen molar-refractivity contribution >= 4 is 22.6 Å². The second-order valence-electron chi connectivity index (χ2n) is 2.85. The first-order valence-electron chi connectivity index (χ1n) is 4.03. The molecule has 0 atom stereocenters. The van der Waals surface area contributed by atoms with Gasteiger partial charge in [-0.1, -0.05) is 0 Å². The van der Waals surface area contributed by atoms with Gasteiger partial charge in [0, 0.05) is 15.7 Å². The summed E-state index contributed by atoms with van der Waals surface area (Å²) in [6.07, 6.45) is -4.35. The van der Waals surface area contributed by atoms with Crippen molar-refractivity contribution in [2.45, 2.75) is 12.7 Å². The molecule has 1 aromatic carbocycles. The Morgan fingerprint density at radius 3 is 2.40 bits per heavy atom. The molecule has 84 valence electrons. The van der Waals surface area contributed by atoms with E-state index in [0.717, 1.165) is 6.07 Å². The molecule has 0 fully saturated rings. The fourth-order valence-electron chi connectivity index (χ4n) is 1.17. The molecule has 0 radical (unpaired) electrons. The maximum atomic E-state index is 12.5. The first-order chi connectivity index (χ1) is 6.90. The summed E-state index contributed by atoms with van der Waals surface area (Å²) < 4.78 is 42.6. The van der Waals surface area contributed by atoms with E-state index in [1.54, 1.807) is 22.6 Å². The van der Waals surface area contributed by atoms with Gasteiger partial charge in [-0.15, -0.1) is 0 Å².